The Morgan fingerprint density at radius 2 is 2.23 bits per heavy atom. The SMILES string of the molecule is Cc1sc2ccc(C#N)cc2c1Cl. The van der Waals surface area contributed by atoms with Crippen LogP contribution in [0.2, 0.25) is 5.02 Å². The van der Waals surface area contributed by atoms with Crippen molar-refractivity contribution in [3.8, 4) is 6.07 Å². The predicted octanol–water partition coefficient (Wildman–Crippen LogP) is 3.73. The first-order chi connectivity index (χ1) is 6.22. The Labute approximate surface area is 85.2 Å². The van der Waals surface area contributed by atoms with Gasteiger partial charge in [0.15, 0.2) is 0 Å². The molecule has 2 rings (SSSR count). The van der Waals surface area contributed by atoms with Crippen molar-refractivity contribution in [2.24, 2.45) is 0 Å². The van der Waals surface area contributed by atoms with Gasteiger partial charge in [0, 0.05) is 15.0 Å². The van der Waals surface area contributed by atoms with Crippen LogP contribution in [0.3, 0.4) is 0 Å². The molecule has 1 heterocycles. The Bertz CT molecular complexity index is 507. The van der Waals surface area contributed by atoms with E-state index >= 15 is 0 Å². The van der Waals surface area contributed by atoms with E-state index in [9.17, 15) is 0 Å². The highest BCUT2D eigenvalue weighted by Crippen LogP contribution is 2.34. The zero-order valence-electron chi connectivity index (χ0n) is 6.97. The van der Waals surface area contributed by atoms with Crippen molar-refractivity contribution < 1.29 is 0 Å². The largest absolute Gasteiger partial charge is 0.192 e. The van der Waals surface area contributed by atoms with Gasteiger partial charge in [-0.15, -0.1) is 11.3 Å². The van der Waals surface area contributed by atoms with Crippen molar-refractivity contribution in [2.45, 2.75) is 6.92 Å². The van der Waals surface area contributed by atoms with Gasteiger partial charge in [0.05, 0.1) is 16.7 Å². The first-order valence-corrected chi connectivity index (χ1v) is 5.00. The minimum atomic E-state index is 0.659. The summed E-state index contributed by atoms with van der Waals surface area (Å²) in [5.41, 5.74) is 0.659. The van der Waals surface area contributed by atoms with Crippen molar-refractivity contribution >= 4 is 33.0 Å². The Kier molecular flexibility index (Phi) is 1.99. The van der Waals surface area contributed by atoms with E-state index in [0.717, 1.165) is 20.0 Å². The van der Waals surface area contributed by atoms with Crippen LogP contribution in [-0.2, 0) is 0 Å². The van der Waals surface area contributed by atoms with Gasteiger partial charge < -0.3 is 0 Å². The molecule has 1 aromatic heterocycles. The molecule has 0 spiro atoms. The van der Waals surface area contributed by atoms with Crippen molar-refractivity contribution in [1.29, 1.82) is 5.26 Å². The summed E-state index contributed by atoms with van der Waals surface area (Å²) in [5.74, 6) is 0. The van der Waals surface area contributed by atoms with Crippen LogP contribution in [0.15, 0.2) is 18.2 Å². The number of nitriles is 1. The molecule has 0 aliphatic rings. The van der Waals surface area contributed by atoms with Crippen LogP contribution in [0.1, 0.15) is 10.4 Å². The second-order valence-electron chi connectivity index (χ2n) is 2.79. The minimum absolute atomic E-state index is 0.659. The van der Waals surface area contributed by atoms with Gasteiger partial charge in [0.1, 0.15) is 0 Å². The number of benzene rings is 1. The van der Waals surface area contributed by atoms with Crippen molar-refractivity contribution in [3.05, 3.63) is 33.7 Å². The number of nitrogens with zero attached hydrogens (tertiary/aromatic N) is 1. The van der Waals surface area contributed by atoms with Gasteiger partial charge in [0.2, 0.25) is 0 Å². The molecular weight excluding hydrogens is 202 g/mol. The van der Waals surface area contributed by atoms with Gasteiger partial charge in [0.25, 0.3) is 0 Å². The van der Waals surface area contributed by atoms with E-state index in [4.69, 9.17) is 16.9 Å². The Morgan fingerprint density at radius 3 is 2.92 bits per heavy atom. The number of halogens is 1. The fourth-order valence-corrected chi connectivity index (χ4v) is 2.52. The molecule has 0 atom stereocenters. The molecule has 2 aromatic rings. The average molecular weight is 208 g/mol. The molecule has 13 heavy (non-hydrogen) atoms. The summed E-state index contributed by atoms with van der Waals surface area (Å²) in [5, 5.41) is 10.5. The summed E-state index contributed by atoms with van der Waals surface area (Å²) in [6.45, 7) is 1.99. The summed E-state index contributed by atoms with van der Waals surface area (Å²) in [6.07, 6.45) is 0. The number of fused-ring (bicyclic) bond motifs is 1. The molecule has 0 amide bonds. The van der Waals surface area contributed by atoms with E-state index in [1.165, 1.54) is 0 Å². The normalized spacial score (nSPS) is 10.2. The molecular formula is C10H6ClNS. The van der Waals surface area contributed by atoms with Gasteiger partial charge in [-0.1, -0.05) is 11.6 Å². The van der Waals surface area contributed by atoms with Crippen molar-refractivity contribution in [3.63, 3.8) is 0 Å². The number of hydrogen-bond donors (Lipinski definition) is 0. The third kappa shape index (κ3) is 1.31. The van der Waals surface area contributed by atoms with Crippen LogP contribution in [0.5, 0.6) is 0 Å². The summed E-state index contributed by atoms with van der Waals surface area (Å²) in [4.78, 5) is 1.10. The second kappa shape index (κ2) is 3.02. The maximum Gasteiger partial charge on any atom is 0.0991 e. The molecule has 0 bridgehead atoms. The molecule has 3 heteroatoms. The van der Waals surface area contributed by atoms with Gasteiger partial charge in [-0.2, -0.15) is 5.26 Å². The second-order valence-corrected chi connectivity index (χ2v) is 4.43. The third-order valence-electron chi connectivity index (χ3n) is 1.92. The number of hydrogen-bond acceptors (Lipinski definition) is 2. The Hall–Kier alpha value is -1.04. The van der Waals surface area contributed by atoms with Crippen LogP contribution < -0.4 is 0 Å². The lowest BCUT2D eigenvalue weighted by Crippen LogP contribution is -1.71. The summed E-state index contributed by atoms with van der Waals surface area (Å²) in [7, 11) is 0. The molecule has 0 saturated carbocycles. The van der Waals surface area contributed by atoms with E-state index in [-0.39, 0.29) is 0 Å². The van der Waals surface area contributed by atoms with Gasteiger partial charge >= 0.3 is 0 Å². The highest BCUT2D eigenvalue weighted by molar-refractivity contribution is 7.19. The van der Waals surface area contributed by atoms with E-state index < -0.39 is 0 Å². The van der Waals surface area contributed by atoms with E-state index in [1.54, 1.807) is 11.3 Å². The molecule has 0 aliphatic carbocycles. The number of thiophene rings is 1. The van der Waals surface area contributed by atoms with Crippen LogP contribution in [-0.4, -0.2) is 0 Å². The molecule has 0 aliphatic heterocycles. The van der Waals surface area contributed by atoms with Gasteiger partial charge in [-0.3, -0.25) is 0 Å². The van der Waals surface area contributed by atoms with Gasteiger partial charge in [-0.05, 0) is 25.1 Å². The third-order valence-corrected chi connectivity index (χ3v) is 3.60. The van der Waals surface area contributed by atoms with Crippen LogP contribution in [0.25, 0.3) is 10.1 Å². The van der Waals surface area contributed by atoms with E-state index in [2.05, 4.69) is 6.07 Å². The van der Waals surface area contributed by atoms with Crippen LogP contribution >= 0.6 is 22.9 Å². The first kappa shape index (κ1) is 8.55. The number of rotatable bonds is 0. The average Bonchev–Trinajstić information content (AvgIpc) is 2.43. The Balaban J connectivity index is 2.84. The molecule has 1 nitrogen and oxygen atoms in total. The zero-order valence-corrected chi connectivity index (χ0v) is 8.54. The van der Waals surface area contributed by atoms with Crippen molar-refractivity contribution in [1.82, 2.24) is 0 Å². The minimum Gasteiger partial charge on any atom is -0.192 e. The topological polar surface area (TPSA) is 23.8 Å². The standard InChI is InChI=1S/C10H6ClNS/c1-6-10(11)8-4-7(5-12)2-3-9(8)13-6/h2-4H,1H3. The smallest absolute Gasteiger partial charge is 0.0991 e. The quantitative estimate of drug-likeness (QED) is 0.646. The molecule has 0 unspecified atom stereocenters. The monoisotopic (exact) mass is 207 g/mol. The zero-order chi connectivity index (χ0) is 9.42. The molecule has 0 saturated heterocycles. The molecule has 0 N–H and O–H groups in total. The van der Waals surface area contributed by atoms with Gasteiger partial charge in [-0.25, -0.2) is 0 Å². The molecule has 1 aromatic carbocycles. The van der Waals surface area contributed by atoms with E-state index in [0.29, 0.717) is 5.56 Å². The fraction of sp³-hybridized carbons (Fsp3) is 0.100. The molecule has 64 valence electrons. The highest BCUT2D eigenvalue weighted by atomic mass is 35.5. The lowest BCUT2D eigenvalue weighted by atomic mass is 10.2. The molecule has 0 radical (unpaired) electrons. The maximum absolute atomic E-state index is 8.71. The number of aryl methyl sites for hydroxylation is 1. The van der Waals surface area contributed by atoms with Crippen LogP contribution in [0, 0.1) is 18.3 Å². The van der Waals surface area contributed by atoms with Crippen LogP contribution in [0.4, 0.5) is 0 Å². The Morgan fingerprint density at radius 1 is 1.46 bits per heavy atom. The molecule has 0 fully saturated rings. The summed E-state index contributed by atoms with van der Waals surface area (Å²) < 4.78 is 1.14. The summed E-state index contributed by atoms with van der Waals surface area (Å²) in [6, 6.07) is 7.69. The summed E-state index contributed by atoms with van der Waals surface area (Å²) >= 11 is 7.73. The lowest BCUT2D eigenvalue weighted by molar-refractivity contribution is 1.50. The van der Waals surface area contributed by atoms with Crippen molar-refractivity contribution in [2.75, 3.05) is 0 Å². The predicted molar refractivity (Wildman–Crippen MR) is 56.3 cm³/mol. The highest BCUT2D eigenvalue weighted by Gasteiger charge is 2.06. The van der Waals surface area contributed by atoms with E-state index in [1.807, 2.05) is 25.1 Å². The fourth-order valence-electron chi connectivity index (χ4n) is 1.26. The first-order valence-electron chi connectivity index (χ1n) is 3.81. The maximum atomic E-state index is 8.71. The lowest BCUT2D eigenvalue weighted by Gasteiger charge is -1.90.